The minimum Gasteiger partial charge on any atom is -0.507 e. The first-order valence-corrected chi connectivity index (χ1v) is 15.7. The number of ether oxygens (including phenoxy) is 7. The summed E-state index contributed by atoms with van der Waals surface area (Å²) in [6, 6.07) is 5.73. The van der Waals surface area contributed by atoms with Gasteiger partial charge in [-0.1, -0.05) is 29.7 Å². The fourth-order valence-electron chi connectivity index (χ4n) is 6.42. The number of allylic oxidation sites excluding steroid dienone is 1. The third kappa shape index (κ3) is 6.33. The maximum atomic E-state index is 14.0. The quantitative estimate of drug-likeness (QED) is 0.237. The minimum absolute atomic E-state index is 0.0757. The molecule has 13 heteroatoms. The Labute approximate surface area is 282 Å². The van der Waals surface area contributed by atoms with E-state index in [0.29, 0.717) is 27.7 Å². The molecule has 0 amide bonds. The Bertz CT molecular complexity index is 1850. The van der Waals surface area contributed by atoms with Gasteiger partial charge in [-0.2, -0.15) is 0 Å². The number of methoxy groups -OCH3 is 2. The Morgan fingerprint density at radius 1 is 1.14 bits per heavy atom. The van der Waals surface area contributed by atoms with E-state index in [0.717, 1.165) is 5.56 Å². The van der Waals surface area contributed by atoms with E-state index < -0.39 is 66.7 Å². The monoisotopic (exact) mass is 675 g/mol. The molecule has 2 aliphatic carbocycles. The summed E-state index contributed by atoms with van der Waals surface area (Å²) in [5.41, 5.74) is 0.239. The van der Waals surface area contributed by atoms with Crippen molar-refractivity contribution in [3.63, 3.8) is 0 Å². The SMILES string of the molecule is CNC1C(OC2/C3=C/C#CC[C@](OC)(C4COC(=O)O4)C#CC3=CC2OC(=O)c2c(O)ccc3c(C)cc(OC)cc23)OC(C)C(O)C1O. The highest BCUT2D eigenvalue weighted by molar-refractivity contribution is 6.08. The number of nitrogens with one attached hydrogen (secondary N) is 1. The Morgan fingerprint density at radius 2 is 1.94 bits per heavy atom. The first-order valence-electron chi connectivity index (χ1n) is 15.7. The number of carbonyl (C=O) groups is 2. The molecule has 258 valence electrons. The van der Waals surface area contributed by atoms with Gasteiger partial charge in [0, 0.05) is 23.6 Å². The molecule has 49 heavy (non-hydrogen) atoms. The lowest BCUT2D eigenvalue weighted by Crippen LogP contribution is -2.62. The summed E-state index contributed by atoms with van der Waals surface area (Å²) in [6.07, 6.45) is -4.97. The Morgan fingerprint density at radius 3 is 2.63 bits per heavy atom. The lowest BCUT2D eigenvalue weighted by molar-refractivity contribution is -0.273. The zero-order valence-electron chi connectivity index (χ0n) is 27.5. The highest BCUT2D eigenvalue weighted by Crippen LogP contribution is 2.38. The van der Waals surface area contributed by atoms with Crippen LogP contribution in [0.4, 0.5) is 4.79 Å². The van der Waals surface area contributed by atoms with Crippen molar-refractivity contribution in [2.45, 2.75) is 74.8 Å². The van der Waals surface area contributed by atoms with Crippen LogP contribution < -0.4 is 10.1 Å². The molecule has 0 radical (unpaired) electrons. The van der Waals surface area contributed by atoms with Gasteiger partial charge in [-0.25, -0.2) is 9.59 Å². The zero-order valence-corrected chi connectivity index (χ0v) is 27.5. The molecule has 13 nitrogen and oxygen atoms in total. The average Bonchev–Trinajstić information content (AvgIpc) is 3.67. The number of rotatable bonds is 8. The number of aromatic hydroxyl groups is 1. The molecule has 4 N–H and O–H groups in total. The molecule has 4 aliphatic rings. The highest BCUT2D eigenvalue weighted by atomic mass is 16.8. The van der Waals surface area contributed by atoms with E-state index in [-0.39, 0.29) is 24.3 Å². The van der Waals surface area contributed by atoms with E-state index in [4.69, 9.17) is 33.2 Å². The fraction of sp³-hybridized carbons (Fsp3) is 0.444. The number of benzene rings is 2. The summed E-state index contributed by atoms with van der Waals surface area (Å²) >= 11 is 0. The van der Waals surface area contributed by atoms with Crippen LogP contribution in [0.15, 0.2) is 47.6 Å². The van der Waals surface area contributed by atoms with Crippen molar-refractivity contribution < 1.29 is 58.1 Å². The van der Waals surface area contributed by atoms with Gasteiger partial charge < -0.3 is 53.8 Å². The molecule has 9 atom stereocenters. The topological polar surface area (TPSA) is 171 Å². The molecular formula is C36H37NO12. The molecule has 0 aromatic heterocycles. The Kier molecular flexibility index (Phi) is 9.60. The van der Waals surface area contributed by atoms with Gasteiger partial charge >= 0.3 is 12.1 Å². The average molecular weight is 676 g/mol. The standard InChI is InChI=1S/C36H37NO12/c1-18-14-21(43-4)16-24-22(18)9-10-25(38)28(24)33(41)47-26-15-20-11-13-36(44-5,27-17-45-35(42)48-27)12-7-6-8-23(20)32(26)49-34-29(37-3)31(40)30(39)19(2)46-34/h8-10,14-16,19,26-27,29-32,34,37-40H,12,17H2,1-5H3/b23-8+/t19?,26?,27?,29?,30?,31?,32?,34?,36-/m1/s1. The summed E-state index contributed by atoms with van der Waals surface area (Å²) in [5, 5.41) is 36.3. The molecular weight excluding hydrogens is 638 g/mol. The summed E-state index contributed by atoms with van der Waals surface area (Å²) in [6.45, 7) is 3.39. The lowest BCUT2D eigenvalue weighted by atomic mass is 9.93. The summed E-state index contributed by atoms with van der Waals surface area (Å²) in [5.74, 6) is 11.5. The second-order valence-corrected chi connectivity index (χ2v) is 12.1. The molecule has 8 unspecified atom stereocenters. The van der Waals surface area contributed by atoms with Crippen LogP contribution in [0.25, 0.3) is 10.8 Å². The number of aliphatic hydroxyl groups excluding tert-OH is 2. The van der Waals surface area contributed by atoms with Gasteiger partial charge in [-0.05, 0) is 62.2 Å². The van der Waals surface area contributed by atoms with E-state index in [2.05, 4.69) is 29.0 Å². The van der Waals surface area contributed by atoms with Crippen molar-refractivity contribution >= 4 is 22.9 Å². The largest absolute Gasteiger partial charge is 0.508 e. The number of phenols is 1. The zero-order chi connectivity index (χ0) is 35.0. The first-order chi connectivity index (χ1) is 23.5. The van der Waals surface area contributed by atoms with Crippen molar-refractivity contribution in [1.29, 1.82) is 0 Å². The first kappa shape index (κ1) is 34.3. The third-order valence-electron chi connectivity index (χ3n) is 9.24. The smallest absolute Gasteiger partial charge is 0.507 e. The van der Waals surface area contributed by atoms with Gasteiger partial charge in [0.2, 0.25) is 0 Å². The fourth-order valence-corrected chi connectivity index (χ4v) is 6.42. The van der Waals surface area contributed by atoms with E-state index in [1.807, 2.05) is 13.0 Å². The van der Waals surface area contributed by atoms with Crippen LogP contribution in [0.2, 0.25) is 0 Å². The molecule has 2 aromatic rings. The van der Waals surface area contributed by atoms with E-state index >= 15 is 0 Å². The van der Waals surface area contributed by atoms with Crippen molar-refractivity contribution in [2.75, 3.05) is 27.9 Å². The van der Waals surface area contributed by atoms with Gasteiger partial charge in [0.25, 0.3) is 0 Å². The molecule has 0 bridgehead atoms. The van der Waals surface area contributed by atoms with Crippen LogP contribution in [0.5, 0.6) is 11.5 Å². The summed E-state index contributed by atoms with van der Waals surface area (Å²) in [4.78, 5) is 25.8. The number of carbonyl (C=O) groups excluding carboxylic acids is 2. The second-order valence-electron chi connectivity index (χ2n) is 12.1. The van der Waals surface area contributed by atoms with Gasteiger partial charge in [0.05, 0.1) is 25.7 Å². The molecule has 0 saturated carbocycles. The van der Waals surface area contributed by atoms with Crippen LogP contribution >= 0.6 is 0 Å². The van der Waals surface area contributed by atoms with Crippen LogP contribution in [-0.4, -0.2) is 110 Å². The Hall–Kier alpha value is -4.60. The molecule has 2 aliphatic heterocycles. The minimum atomic E-state index is -1.33. The highest BCUT2D eigenvalue weighted by Gasteiger charge is 2.48. The predicted molar refractivity (Wildman–Crippen MR) is 172 cm³/mol. The lowest BCUT2D eigenvalue weighted by Gasteiger charge is -2.42. The van der Waals surface area contributed by atoms with Crippen molar-refractivity contribution in [3.05, 3.63) is 58.7 Å². The number of esters is 1. The normalized spacial score (nSPS) is 33.1. The number of aryl methyl sites for hydroxylation is 1. The third-order valence-corrected chi connectivity index (χ3v) is 9.24. The number of aliphatic hydroxyl groups is 2. The number of cyclic esters (lactones) is 2. The Balaban J connectivity index is 1.41. The maximum Gasteiger partial charge on any atom is 0.508 e. The summed E-state index contributed by atoms with van der Waals surface area (Å²) in [7, 11) is 4.53. The van der Waals surface area contributed by atoms with Crippen LogP contribution in [0.1, 0.15) is 29.3 Å². The molecule has 2 fully saturated rings. The van der Waals surface area contributed by atoms with Crippen LogP contribution in [0, 0.1) is 30.6 Å². The number of likely N-dealkylation sites (N-methyl/N-ethyl adjacent to an activating group) is 1. The van der Waals surface area contributed by atoms with E-state index in [1.165, 1.54) is 20.3 Å². The number of hydrogen-bond acceptors (Lipinski definition) is 13. The van der Waals surface area contributed by atoms with Gasteiger partial charge in [0.1, 0.15) is 42.0 Å². The molecule has 2 saturated heterocycles. The number of hydrogen-bond donors (Lipinski definition) is 4. The van der Waals surface area contributed by atoms with E-state index in [9.17, 15) is 24.9 Å². The molecule has 0 spiro atoms. The predicted octanol–water partition coefficient (Wildman–Crippen LogP) is 2.03. The van der Waals surface area contributed by atoms with E-state index in [1.54, 1.807) is 38.3 Å². The van der Waals surface area contributed by atoms with Gasteiger partial charge in [0.15, 0.2) is 24.1 Å². The van der Waals surface area contributed by atoms with Crippen LogP contribution in [0.3, 0.4) is 0 Å². The maximum absolute atomic E-state index is 14.0. The summed E-state index contributed by atoms with van der Waals surface area (Å²) < 4.78 is 40.1. The molecule has 2 aromatic carbocycles. The second kappa shape index (κ2) is 13.7. The number of fused-ring (bicyclic) bond motifs is 2. The molecule has 6 rings (SSSR count). The van der Waals surface area contributed by atoms with Gasteiger partial charge in [-0.3, -0.25) is 0 Å². The van der Waals surface area contributed by atoms with Crippen molar-refractivity contribution in [3.8, 4) is 35.2 Å². The van der Waals surface area contributed by atoms with Gasteiger partial charge in [-0.15, -0.1) is 0 Å². The van der Waals surface area contributed by atoms with Crippen molar-refractivity contribution in [2.24, 2.45) is 0 Å². The van der Waals surface area contributed by atoms with Crippen LogP contribution in [-0.2, 0) is 28.4 Å². The van der Waals surface area contributed by atoms with Crippen molar-refractivity contribution in [1.82, 2.24) is 5.32 Å². The number of phenolic OH excluding ortho intramolecular Hbond substituents is 1. The molecule has 2 heterocycles.